The van der Waals surface area contributed by atoms with E-state index in [1.807, 2.05) is 9.80 Å². The second kappa shape index (κ2) is 12.8. The average Bonchev–Trinajstić information content (AvgIpc) is 3.83. The maximum atomic E-state index is 3.53. The number of hydrogen-bond donors (Lipinski definition) is 0. The van der Waals surface area contributed by atoms with Crippen molar-refractivity contribution in [1.82, 2.24) is 9.80 Å². The fraction of sp³-hybridized carbons (Fsp3) is 0.0233. The molecule has 2 aliphatic rings. The van der Waals surface area contributed by atoms with E-state index in [2.05, 4.69) is 206 Å². The maximum Gasteiger partial charge on any atom is 0.214 e. The van der Waals surface area contributed by atoms with Gasteiger partial charge in [-0.15, -0.1) is 0 Å². The van der Waals surface area contributed by atoms with E-state index in [0.29, 0.717) is 6.67 Å². The molecule has 0 saturated carbocycles. The van der Waals surface area contributed by atoms with Gasteiger partial charge in [0, 0.05) is 36.2 Å². The Morgan fingerprint density at radius 2 is 0.617 bits per heavy atom. The van der Waals surface area contributed by atoms with Crippen LogP contribution in [0.2, 0.25) is 0 Å². The van der Waals surface area contributed by atoms with Gasteiger partial charge in [0.15, 0.2) is 0 Å². The fourth-order valence-electron chi connectivity index (χ4n) is 6.00. The Hall–Kier alpha value is -6.00. The first kappa shape index (κ1) is 28.5. The third-order valence-corrected chi connectivity index (χ3v) is 8.39. The lowest BCUT2D eigenvalue weighted by Crippen LogP contribution is -2.30. The van der Waals surface area contributed by atoms with Crippen LogP contribution in [-0.4, -0.2) is 16.5 Å². The van der Waals surface area contributed by atoms with Gasteiger partial charge in [-0.1, -0.05) is 121 Å². The molecule has 0 unspecified atom stereocenters. The Morgan fingerprint density at radius 1 is 0.319 bits per heavy atom. The quantitative estimate of drug-likeness (QED) is 0.171. The molecule has 0 amide bonds. The van der Waals surface area contributed by atoms with Crippen molar-refractivity contribution in [2.75, 3.05) is 16.5 Å². The van der Waals surface area contributed by atoms with Gasteiger partial charge in [0.2, 0.25) is 13.3 Å². The summed E-state index contributed by atoms with van der Waals surface area (Å²) in [6.45, 7) is 7.63. The Labute approximate surface area is 277 Å². The number of benzene rings is 6. The summed E-state index contributed by atoms with van der Waals surface area (Å²) in [5.74, 6) is 0. The molecule has 2 heterocycles. The van der Waals surface area contributed by atoms with E-state index in [9.17, 15) is 0 Å². The van der Waals surface area contributed by atoms with Crippen molar-refractivity contribution >= 4 is 11.4 Å². The van der Waals surface area contributed by atoms with Gasteiger partial charge < -0.3 is 19.6 Å². The van der Waals surface area contributed by atoms with E-state index in [0.717, 1.165) is 11.4 Å². The highest BCUT2D eigenvalue weighted by molar-refractivity contribution is 5.80. The first-order valence-electron chi connectivity index (χ1n) is 15.8. The summed E-state index contributed by atoms with van der Waals surface area (Å²) in [4.78, 5) is 8.22. The zero-order valence-electron chi connectivity index (χ0n) is 25.8. The van der Waals surface area contributed by atoms with Crippen LogP contribution < -0.4 is 9.80 Å². The minimum absolute atomic E-state index is 0.577. The highest BCUT2D eigenvalue weighted by atomic mass is 15.4. The lowest BCUT2D eigenvalue weighted by Gasteiger charge is -2.25. The van der Waals surface area contributed by atoms with E-state index < -0.39 is 0 Å². The van der Waals surface area contributed by atoms with Crippen LogP contribution in [0.3, 0.4) is 0 Å². The molecular formula is C43H32N4. The number of hydrogen-bond acceptors (Lipinski definition) is 4. The Balaban J connectivity index is 0.996. The zero-order chi connectivity index (χ0) is 31.4. The molecule has 4 nitrogen and oxygen atoms in total. The monoisotopic (exact) mass is 604 g/mol. The maximum absolute atomic E-state index is 3.53. The van der Waals surface area contributed by atoms with Crippen LogP contribution in [0.15, 0.2) is 183 Å². The van der Waals surface area contributed by atoms with Crippen LogP contribution >= 0.6 is 0 Å². The Bertz CT molecular complexity index is 1760. The molecule has 4 radical (unpaired) electrons. The number of rotatable bonds is 8. The van der Waals surface area contributed by atoms with Crippen molar-refractivity contribution in [3.05, 3.63) is 196 Å². The van der Waals surface area contributed by atoms with Gasteiger partial charge in [0.1, 0.15) is 0 Å². The topological polar surface area (TPSA) is 13.0 Å². The molecule has 0 bridgehead atoms. The highest BCUT2D eigenvalue weighted by Crippen LogP contribution is 2.36. The van der Waals surface area contributed by atoms with Crippen LogP contribution in [0.5, 0.6) is 0 Å². The molecule has 2 aliphatic heterocycles. The predicted octanol–water partition coefficient (Wildman–Crippen LogP) is 10.2. The first-order valence-corrected chi connectivity index (χ1v) is 15.8. The normalized spacial score (nSPS) is 14.0. The van der Waals surface area contributed by atoms with Gasteiger partial charge in [-0.2, -0.15) is 0 Å². The van der Waals surface area contributed by atoms with Crippen LogP contribution in [0, 0.1) is 13.3 Å². The van der Waals surface area contributed by atoms with Crippen molar-refractivity contribution in [2.24, 2.45) is 0 Å². The molecule has 6 aromatic rings. The van der Waals surface area contributed by atoms with E-state index in [1.165, 1.54) is 44.5 Å². The lowest BCUT2D eigenvalue weighted by atomic mass is 9.98. The summed E-state index contributed by atoms with van der Waals surface area (Å²) in [6.07, 6.45) is 8.23. The van der Waals surface area contributed by atoms with Crippen molar-refractivity contribution in [3.8, 4) is 44.5 Å². The molecule has 0 spiro atoms. The largest absolute Gasteiger partial charge is 0.328 e. The van der Waals surface area contributed by atoms with Crippen molar-refractivity contribution < 1.29 is 0 Å². The Morgan fingerprint density at radius 3 is 0.915 bits per heavy atom. The van der Waals surface area contributed by atoms with Crippen molar-refractivity contribution in [1.29, 1.82) is 0 Å². The minimum atomic E-state index is 0.577. The van der Waals surface area contributed by atoms with Gasteiger partial charge in [-0.25, -0.2) is 0 Å². The van der Waals surface area contributed by atoms with Crippen LogP contribution in [0.1, 0.15) is 0 Å². The summed E-state index contributed by atoms with van der Waals surface area (Å²) >= 11 is 0. The van der Waals surface area contributed by atoms with Gasteiger partial charge in [-0.3, -0.25) is 0 Å². The molecule has 47 heavy (non-hydrogen) atoms. The molecule has 224 valence electrons. The lowest BCUT2D eigenvalue weighted by molar-refractivity contribution is 0.307. The standard InChI is InChI=1S/C43H32N4/c1-5-13-34(14-6-1)38-25-39(35-15-7-2-8-16-35)28-42(27-38)46-23-21-44(32-46)31-45-22-24-47(33-45)43-29-40(36-17-9-3-10-18-36)26-41(30-43)37-19-11-4-12-20-37/h1-30H,31H2. The molecule has 0 saturated heterocycles. The fourth-order valence-corrected chi connectivity index (χ4v) is 6.00. The molecule has 0 aliphatic carbocycles. The van der Waals surface area contributed by atoms with Crippen LogP contribution in [0.4, 0.5) is 11.4 Å². The minimum Gasteiger partial charge on any atom is -0.328 e. The molecule has 0 fully saturated rings. The average molecular weight is 605 g/mol. The number of nitrogens with zero attached hydrogens (tertiary/aromatic N) is 4. The molecular weight excluding hydrogens is 573 g/mol. The number of anilines is 2. The molecule has 6 aromatic carbocycles. The van der Waals surface area contributed by atoms with Crippen molar-refractivity contribution in [2.45, 2.75) is 0 Å². The van der Waals surface area contributed by atoms with Gasteiger partial charge in [0.25, 0.3) is 0 Å². The summed E-state index contributed by atoms with van der Waals surface area (Å²) in [6, 6.07) is 55.5. The van der Waals surface area contributed by atoms with Gasteiger partial charge in [-0.05, 0) is 80.9 Å². The molecule has 8 rings (SSSR count). The predicted molar refractivity (Wildman–Crippen MR) is 193 cm³/mol. The second-order valence-corrected chi connectivity index (χ2v) is 11.6. The highest BCUT2D eigenvalue weighted by Gasteiger charge is 2.23. The van der Waals surface area contributed by atoms with E-state index in [1.54, 1.807) is 0 Å². The summed E-state index contributed by atoms with van der Waals surface area (Å²) in [5.41, 5.74) is 11.5. The van der Waals surface area contributed by atoms with E-state index in [-0.39, 0.29) is 0 Å². The van der Waals surface area contributed by atoms with Crippen LogP contribution in [-0.2, 0) is 0 Å². The molecule has 0 aromatic heterocycles. The smallest absolute Gasteiger partial charge is 0.214 e. The summed E-state index contributed by atoms with van der Waals surface area (Å²) < 4.78 is 0. The SMILES string of the molecule is [C]1N(CN2[C]N(c3cc(-c4ccccc4)cc(-c4ccccc4)c3)C=C2)C=CN1c1cc(-c2ccccc2)cc(-c2ccccc2)c1. The molecule has 4 heteroatoms. The summed E-state index contributed by atoms with van der Waals surface area (Å²) in [7, 11) is 0. The first-order chi connectivity index (χ1) is 23.2. The zero-order valence-corrected chi connectivity index (χ0v) is 25.8. The Kier molecular flexibility index (Phi) is 7.74. The molecule has 0 atom stereocenters. The van der Waals surface area contributed by atoms with Crippen molar-refractivity contribution in [3.63, 3.8) is 0 Å². The third kappa shape index (κ3) is 6.27. The molecule has 0 N–H and O–H groups in total. The van der Waals surface area contributed by atoms with E-state index in [4.69, 9.17) is 0 Å². The van der Waals surface area contributed by atoms with E-state index >= 15 is 0 Å². The second-order valence-electron chi connectivity index (χ2n) is 11.6. The van der Waals surface area contributed by atoms with Crippen LogP contribution in [0.25, 0.3) is 44.5 Å². The summed E-state index contributed by atoms with van der Waals surface area (Å²) in [5, 5.41) is 0. The van der Waals surface area contributed by atoms with Gasteiger partial charge in [0.05, 0.1) is 6.67 Å². The van der Waals surface area contributed by atoms with Gasteiger partial charge >= 0.3 is 0 Å². The third-order valence-electron chi connectivity index (χ3n) is 8.39.